The highest BCUT2D eigenvalue weighted by atomic mass is 16.5. The average molecular weight is 425 g/mol. The van der Waals surface area contributed by atoms with E-state index in [1.54, 1.807) is 26.6 Å². The van der Waals surface area contributed by atoms with Crippen molar-refractivity contribution < 1.29 is 14.3 Å². The van der Waals surface area contributed by atoms with Crippen molar-refractivity contribution in [2.75, 3.05) is 27.3 Å². The Balaban J connectivity index is 1.45. The van der Waals surface area contributed by atoms with Gasteiger partial charge in [-0.1, -0.05) is 30.3 Å². The maximum atomic E-state index is 13.1. The van der Waals surface area contributed by atoms with Crippen LogP contribution in [0.2, 0.25) is 0 Å². The van der Waals surface area contributed by atoms with Gasteiger partial charge in [0.1, 0.15) is 11.5 Å². The summed E-state index contributed by atoms with van der Waals surface area (Å²) in [4.78, 5) is 19.1. The SMILES string of the molecule is COc1cccc(OC)c1-c1cccc2cc(C(=O)N3CC(c4ccncc4)C3)ccc12. The summed E-state index contributed by atoms with van der Waals surface area (Å²) >= 11 is 0. The Hall–Kier alpha value is -3.86. The molecule has 3 aromatic carbocycles. The van der Waals surface area contributed by atoms with Crippen LogP contribution in [0.5, 0.6) is 11.5 Å². The van der Waals surface area contributed by atoms with E-state index in [2.05, 4.69) is 11.1 Å². The van der Waals surface area contributed by atoms with Crippen molar-refractivity contribution in [2.24, 2.45) is 0 Å². The lowest BCUT2D eigenvalue weighted by Crippen LogP contribution is -2.48. The predicted octanol–water partition coefficient (Wildman–Crippen LogP) is 5.16. The molecule has 4 aromatic rings. The number of nitrogens with zero attached hydrogens (tertiary/aromatic N) is 2. The smallest absolute Gasteiger partial charge is 0.253 e. The summed E-state index contributed by atoms with van der Waals surface area (Å²) < 4.78 is 11.2. The Bertz CT molecular complexity index is 1260. The summed E-state index contributed by atoms with van der Waals surface area (Å²) in [6.07, 6.45) is 3.61. The Morgan fingerprint density at radius 2 is 1.59 bits per heavy atom. The van der Waals surface area contributed by atoms with E-state index in [1.165, 1.54) is 5.56 Å². The van der Waals surface area contributed by atoms with E-state index < -0.39 is 0 Å². The van der Waals surface area contributed by atoms with Gasteiger partial charge in [-0.15, -0.1) is 0 Å². The largest absolute Gasteiger partial charge is 0.496 e. The molecular weight excluding hydrogens is 400 g/mol. The molecule has 0 bridgehead atoms. The first kappa shape index (κ1) is 20.1. The van der Waals surface area contributed by atoms with E-state index in [0.29, 0.717) is 11.5 Å². The van der Waals surface area contributed by atoms with Gasteiger partial charge in [-0.25, -0.2) is 0 Å². The number of pyridine rings is 1. The third-order valence-corrected chi connectivity index (χ3v) is 6.17. The second-order valence-electron chi connectivity index (χ2n) is 7.97. The van der Waals surface area contributed by atoms with Crippen molar-refractivity contribution in [1.29, 1.82) is 0 Å². The summed E-state index contributed by atoms with van der Waals surface area (Å²) in [6, 6.07) is 21.8. The lowest BCUT2D eigenvalue weighted by Gasteiger charge is -2.39. The molecule has 1 aromatic heterocycles. The summed E-state index contributed by atoms with van der Waals surface area (Å²) in [5.41, 5.74) is 3.86. The van der Waals surface area contributed by atoms with Gasteiger partial charge in [0.25, 0.3) is 5.91 Å². The Kier molecular flexibility index (Phi) is 5.23. The van der Waals surface area contributed by atoms with Gasteiger partial charge in [0.05, 0.1) is 19.8 Å². The molecule has 0 unspecified atom stereocenters. The van der Waals surface area contributed by atoms with Crippen LogP contribution >= 0.6 is 0 Å². The van der Waals surface area contributed by atoms with Crippen LogP contribution in [0.4, 0.5) is 0 Å². The van der Waals surface area contributed by atoms with Gasteiger partial charge in [-0.3, -0.25) is 9.78 Å². The summed E-state index contributed by atoms with van der Waals surface area (Å²) in [5, 5.41) is 2.05. The number of carbonyl (C=O) groups excluding carboxylic acids is 1. The van der Waals surface area contributed by atoms with Crippen LogP contribution in [-0.4, -0.2) is 43.1 Å². The number of ether oxygens (including phenoxy) is 2. The Labute approximate surface area is 187 Å². The van der Waals surface area contributed by atoms with Gasteiger partial charge in [-0.2, -0.15) is 0 Å². The molecule has 160 valence electrons. The highest BCUT2D eigenvalue weighted by Gasteiger charge is 2.32. The lowest BCUT2D eigenvalue weighted by molar-refractivity contribution is 0.0602. The fourth-order valence-electron chi connectivity index (χ4n) is 4.42. The molecule has 5 heteroatoms. The molecule has 2 heterocycles. The molecule has 1 saturated heterocycles. The first-order chi connectivity index (χ1) is 15.7. The third kappa shape index (κ3) is 3.46. The molecule has 5 nitrogen and oxygen atoms in total. The number of fused-ring (bicyclic) bond motifs is 1. The molecule has 1 aliphatic heterocycles. The minimum atomic E-state index is 0.0671. The average Bonchev–Trinajstić information content (AvgIpc) is 2.82. The number of likely N-dealkylation sites (tertiary alicyclic amines) is 1. The zero-order valence-electron chi connectivity index (χ0n) is 18.1. The van der Waals surface area contributed by atoms with Crippen LogP contribution in [0.3, 0.4) is 0 Å². The van der Waals surface area contributed by atoms with Crippen LogP contribution in [0.25, 0.3) is 21.9 Å². The van der Waals surface area contributed by atoms with E-state index in [4.69, 9.17) is 9.47 Å². The molecule has 0 radical (unpaired) electrons. The highest BCUT2D eigenvalue weighted by molar-refractivity contribution is 6.04. The highest BCUT2D eigenvalue weighted by Crippen LogP contribution is 2.41. The Morgan fingerprint density at radius 3 is 2.28 bits per heavy atom. The van der Waals surface area contributed by atoms with Gasteiger partial charge in [-0.05, 0) is 58.3 Å². The van der Waals surface area contributed by atoms with Crippen molar-refractivity contribution in [3.63, 3.8) is 0 Å². The zero-order valence-corrected chi connectivity index (χ0v) is 18.1. The van der Waals surface area contributed by atoms with E-state index in [0.717, 1.165) is 46.5 Å². The number of carbonyl (C=O) groups is 1. The van der Waals surface area contributed by atoms with Crippen molar-refractivity contribution in [3.05, 3.63) is 90.3 Å². The van der Waals surface area contributed by atoms with Crippen LogP contribution in [0.15, 0.2) is 79.1 Å². The topological polar surface area (TPSA) is 51.7 Å². The molecule has 5 rings (SSSR count). The molecular formula is C27H24N2O3. The van der Waals surface area contributed by atoms with Crippen molar-refractivity contribution in [2.45, 2.75) is 5.92 Å². The number of aromatic nitrogens is 1. The lowest BCUT2D eigenvalue weighted by atomic mass is 9.91. The van der Waals surface area contributed by atoms with Crippen LogP contribution in [0.1, 0.15) is 21.8 Å². The maximum absolute atomic E-state index is 13.1. The minimum Gasteiger partial charge on any atom is -0.496 e. The number of methoxy groups -OCH3 is 2. The van der Waals surface area contributed by atoms with E-state index in [1.807, 2.05) is 65.6 Å². The summed E-state index contributed by atoms with van der Waals surface area (Å²) in [5.74, 6) is 1.95. The number of rotatable bonds is 5. The normalized spacial score (nSPS) is 13.6. The first-order valence-corrected chi connectivity index (χ1v) is 10.6. The van der Waals surface area contributed by atoms with E-state index >= 15 is 0 Å². The van der Waals surface area contributed by atoms with Gasteiger partial charge in [0, 0.05) is 37.0 Å². The molecule has 0 spiro atoms. The molecule has 0 aliphatic carbocycles. The van der Waals surface area contributed by atoms with Gasteiger partial charge >= 0.3 is 0 Å². The summed E-state index contributed by atoms with van der Waals surface area (Å²) in [6.45, 7) is 1.47. The molecule has 32 heavy (non-hydrogen) atoms. The monoisotopic (exact) mass is 424 g/mol. The Morgan fingerprint density at radius 1 is 0.906 bits per heavy atom. The number of amides is 1. The molecule has 0 saturated carbocycles. The first-order valence-electron chi connectivity index (χ1n) is 10.6. The molecule has 0 atom stereocenters. The predicted molar refractivity (Wildman–Crippen MR) is 125 cm³/mol. The fourth-order valence-corrected chi connectivity index (χ4v) is 4.42. The number of hydrogen-bond donors (Lipinski definition) is 0. The molecule has 1 fully saturated rings. The van der Waals surface area contributed by atoms with Crippen molar-refractivity contribution >= 4 is 16.7 Å². The number of benzene rings is 3. The summed E-state index contributed by atoms with van der Waals surface area (Å²) in [7, 11) is 3.32. The van der Waals surface area contributed by atoms with Crippen LogP contribution in [0, 0.1) is 0 Å². The number of hydrogen-bond acceptors (Lipinski definition) is 4. The second-order valence-corrected chi connectivity index (χ2v) is 7.97. The standard InChI is InChI=1S/C27H24N2O3/c1-31-24-7-4-8-25(32-2)26(24)23-6-3-5-19-15-20(9-10-22(19)23)27(30)29-16-21(17-29)18-11-13-28-14-12-18/h3-15,21H,16-17H2,1-2H3. The van der Waals surface area contributed by atoms with Crippen LogP contribution < -0.4 is 9.47 Å². The van der Waals surface area contributed by atoms with Crippen LogP contribution in [-0.2, 0) is 0 Å². The van der Waals surface area contributed by atoms with Gasteiger partial charge in [0.15, 0.2) is 0 Å². The van der Waals surface area contributed by atoms with Gasteiger partial charge in [0.2, 0.25) is 0 Å². The fraction of sp³-hybridized carbons (Fsp3) is 0.185. The minimum absolute atomic E-state index is 0.0671. The molecule has 0 N–H and O–H groups in total. The van der Waals surface area contributed by atoms with Crippen molar-refractivity contribution in [3.8, 4) is 22.6 Å². The van der Waals surface area contributed by atoms with E-state index in [9.17, 15) is 4.79 Å². The molecule has 1 amide bonds. The van der Waals surface area contributed by atoms with E-state index in [-0.39, 0.29) is 5.91 Å². The van der Waals surface area contributed by atoms with Crippen molar-refractivity contribution in [1.82, 2.24) is 9.88 Å². The maximum Gasteiger partial charge on any atom is 0.253 e. The molecule has 1 aliphatic rings. The van der Waals surface area contributed by atoms with Gasteiger partial charge < -0.3 is 14.4 Å². The zero-order chi connectivity index (χ0) is 22.1. The quantitative estimate of drug-likeness (QED) is 0.444. The third-order valence-electron chi connectivity index (χ3n) is 6.17. The second kappa shape index (κ2) is 8.35.